The highest BCUT2D eigenvalue weighted by Crippen LogP contribution is 2.33. The standard InChI is InChI=1S/C20H20BrFN2O4S/c1-13-10-19(17(22)11-16(13)21)29(26,27)23-8-6-15(7-9-23)24-18-5-3-2-4-14(18)12-28-20(24)25/h2-5,10-11,15H,6-9,12H2,1H3. The van der Waals surface area contributed by atoms with E-state index in [9.17, 15) is 17.6 Å². The lowest BCUT2D eigenvalue weighted by molar-refractivity contribution is 0.136. The number of halogens is 2. The fourth-order valence-electron chi connectivity index (χ4n) is 3.83. The normalized spacial score (nSPS) is 18.4. The predicted octanol–water partition coefficient (Wildman–Crippen LogP) is 4.21. The Bertz CT molecular complexity index is 1070. The second-order valence-electron chi connectivity index (χ2n) is 7.22. The summed E-state index contributed by atoms with van der Waals surface area (Å²) in [4.78, 5) is 13.7. The first-order valence-electron chi connectivity index (χ1n) is 9.28. The molecule has 154 valence electrons. The number of carbonyl (C=O) groups is 1. The summed E-state index contributed by atoms with van der Waals surface area (Å²) in [5.41, 5.74) is 2.38. The summed E-state index contributed by atoms with van der Waals surface area (Å²) in [5, 5.41) is 0. The summed E-state index contributed by atoms with van der Waals surface area (Å²) >= 11 is 3.22. The van der Waals surface area contributed by atoms with Crippen LogP contribution in [0.5, 0.6) is 0 Å². The smallest absolute Gasteiger partial charge is 0.414 e. The zero-order valence-corrected chi connectivity index (χ0v) is 18.2. The summed E-state index contributed by atoms with van der Waals surface area (Å²) in [5.74, 6) is -0.780. The molecule has 0 aromatic heterocycles. The van der Waals surface area contributed by atoms with E-state index in [-0.39, 0.29) is 30.6 Å². The Hall–Kier alpha value is -1.97. The number of piperidine rings is 1. The molecule has 9 heteroatoms. The van der Waals surface area contributed by atoms with Crippen LogP contribution in [0.2, 0.25) is 0 Å². The number of aryl methyl sites for hydroxylation is 1. The lowest BCUT2D eigenvalue weighted by atomic mass is 10.0. The van der Waals surface area contributed by atoms with Crippen molar-refractivity contribution in [1.82, 2.24) is 4.31 Å². The third-order valence-corrected chi connectivity index (χ3v) is 8.19. The van der Waals surface area contributed by atoms with Crippen molar-refractivity contribution in [3.63, 3.8) is 0 Å². The molecule has 29 heavy (non-hydrogen) atoms. The number of fused-ring (bicyclic) bond motifs is 1. The molecule has 6 nitrogen and oxygen atoms in total. The van der Waals surface area contributed by atoms with Gasteiger partial charge in [-0.05, 0) is 43.5 Å². The molecule has 2 heterocycles. The third-order valence-electron chi connectivity index (χ3n) is 5.42. The predicted molar refractivity (Wildman–Crippen MR) is 110 cm³/mol. The lowest BCUT2D eigenvalue weighted by Crippen LogP contribution is -2.50. The van der Waals surface area contributed by atoms with Crippen molar-refractivity contribution in [2.45, 2.75) is 37.3 Å². The molecule has 0 radical (unpaired) electrons. The van der Waals surface area contributed by atoms with Crippen molar-refractivity contribution in [3.05, 3.63) is 57.8 Å². The Morgan fingerprint density at radius 2 is 1.86 bits per heavy atom. The van der Waals surface area contributed by atoms with Gasteiger partial charge in [0.2, 0.25) is 10.0 Å². The molecule has 2 aliphatic rings. The van der Waals surface area contributed by atoms with Gasteiger partial charge in [0.05, 0.1) is 5.69 Å². The van der Waals surface area contributed by atoms with E-state index in [1.807, 2.05) is 24.3 Å². The fraction of sp³-hybridized carbons (Fsp3) is 0.350. The van der Waals surface area contributed by atoms with Crippen molar-refractivity contribution in [2.24, 2.45) is 0 Å². The largest absolute Gasteiger partial charge is 0.444 e. The first-order valence-corrected chi connectivity index (χ1v) is 11.5. The number of rotatable bonds is 3. The van der Waals surface area contributed by atoms with E-state index in [4.69, 9.17) is 4.74 Å². The van der Waals surface area contributed by atoms with E-state index < -0.39 is 21.9 Å². The highest BCUT2D eigenvalue weighted by molar-refractivity contribution is 9.10. The highest BCUT2D eigenvalue weighted by Gasteiger charge is 2.37. The SMILES string of the molecule is Cc1cc(S(=O)(=O)N2CCC(N3C(=O)OCc4ccccc43)CC2)c(F)cc1Br. The molecule has 0 N–H and O–H groups in total. The van der Waals surface area contributed by atoms with Crippen LogP contribution >= 0.6 is 15.9 Å². The number of para-hydroxylation sites is 1. The van der Waals surface area contributed by atoms with Crippen LogP contribution in [0.25, 0.3) is 0 Å². The number of sulfonamides is 1. The topological polar surface area (TPSA) is 66.9 Å². The fourth-order valence-corrected chi connectivity index (χ4v) is 5.75. The van der Waals surface area contributed by atoms with Crippen LogP contribution in [0.3, 0.4) is 0 Å². The molecular weight excluding hydrogens is 463 g/mol. The van der Waals surface area contributed by atoms with Gasteiger partial charge in [-0.2, -0.15) is 4.31 Å². The number of hydrogen-bond donors (Lipinski definition) is 0. The van der Waals surface area contributed by atoms with Gasteiger partial charge >= 0.3 is 6.09 Å². The molecule has 0 spiro atoms. The van der Waals surface area contributed by atoms with Gasteiger partial charge in [0.15, 0.2) is 0 Å². The molecular formula is C20H20BrFN2O4S. The number of cyclic esters (lactones) is 1. The quantitative estimate of drug-likeness (QED) is 0.657. The monoisotopic (exact) mass is 482 g/mol. The lowest BCUT2D eigenvalue weighted by Gasteiger charge is -2.39. The Balaban J connectivity index is 1.54. The maximum absolute atomic E-state index is 14.4. The number of ether oxygens (including phenoxy) is 1. The minimum absolute atomic E-state index is 0.174. The van der Waals surface area contributed by atoms with Gasteiger partial charge in [-0.3, -0.25) is 4.90 Å². The Labute approximate surface area is 177 Å². The number of nitrogens with zero attached hydrogens (tertiary/aromatic N) is 2. The van der Waals surface area contributed by atoms with Crippen molar-refractivity contribution in [2.75, 3.05) is 18.0 Å². The van der Waals surface area contributed by atoms with Gasteiger partial charge in [-0.1, -0.05) is 34.1 Å². The summed E-state index contributed by atoms with van der Waals surface area (Å²) < 4.78 is 47.4. The Morgan fingerprint density at radius 3 is 2.59 bits per heavy atom. The number of hydrogen-bond acceptors (Lipinski definition) is 4. The minimum atomic E-state index is -3.96. The van der Waals surface area contributed by atoms with Gasteiger partial charge in [-0.25, -0.2) is 17.6 Å². The zero-order valence-electron chi connectivity index (χ0n) is 15.8. The maximum atomic E-state index is 14.4. The molecule has 2 aromatic carbocycles. The van der Waals surface area contributed by atoms with Gasteiger partial charge in [0, 0.05) is 29.2 Å². The summed E-state index contributed by atoms with van der Waals surface area (Å²) in [6, 6.07) is 9.88. The van der Waals surface area contributed by atoms with Crippen LogP contribution in [0.1, 0.15) is 24.0 Å². The van der Waals surface area contributed by atoms with Crippen molar-refractivity contribution in [3.8, 4) is 0 Å². The third kappa shape index (κ3) is 3.67. The van der Waals surface area contributed by atoms with Crippen molar-refractivity contribution >= 4 is 37.7 Å². The Morgan fingerprint density at radius 1 is 1.17 bits per heavy atom. The molecule has 2 aliphatic heterocycles. The molecule has 2 aromatic rings. The van der Waals surface area contributed by atoms with Crippen molar-refractivity contribution < 1.29 is 22.3 Å². The summed E-state index contributed by atoms with van der Waals surface area (Å²) in [6.45, 7) is 2.36. The molecule has 1 fully saturated rings. The molecule has 4 rings (SSSR count). The summed E-state index contributed by atoms with van der Waals surface area (Å²) in [6.07, 6.45) is 0.471. The van der Waals surface area contributed by atoms with Crippen LogP contribution in [0, 0.1) is 12.7 Å². The van der Waals surface area contributed by atoms with Gasteiger partial charge in [0.1, 0.15) is 17.3 Å². The van der Waals surface area contributed by atoms with Crippen LogP contribution in [0.4, 0.5) is 14.9 Å². The average molecular weight is 483 g/mol. The number of anilines is 1. The first-order chi connectivity index (χ1) is 13.8. The molecule has 1 saturated heterocycles. The number of carbonyl (C=O) groups excluding carboxylic acids is 1. The molecule has 0 saturated carbocycles. The van der Waals surface area contributed by atoms with Gasteiger partial charge < -0.3 is 4.74 Å². The highest BCUT2D eigenvalue weighted by atomic mass is 79.9. The molecule has 0 unspecified atom stereocenters. The van der Waals surface area contributed by atoms with E-state index in [1.54, 1.807) is 11.8 Å². The van der Waals surface area contributed by atoms with Crippen LogP contribution in [-0.2, 0) is 21.4 Å². The van der Waals surface area contributed by atoms with Crippen molar-refractivity contribution in [1.29, 1.82) is 0 Å². The van der Waals surface area contributed by atoms with Gasteiger partial charge in [0.25, 0.3) is 0 Å². The van der Waals surface area contributed by atoms with Gasteiger partial charge in [-0.15, -0.1) is 0 Å². The second kappa shape index (κ2) is 7.70. The minimum Gasteiger partial charge on any atom is -0.444 e. The second-order valence-corrected chi connectivity index (χ2v) is 9.98. The number of benzene rings is 2. The average Bonchev–Trinajstić information content (AvgIpc) is 2.70. The zero-order chi connectivity index (χ0) is 20.8. The van der Waals surface area contributed by atoms with Crippen LogP contribution in [-0.4, -0.2) is 37.9 Å². The van der Waals surface area contributed by atoms with E-state index in [0.717, 1.165) is 11.3 Å². The first kappa shape index (κ1) is 20.3. The molecule has 0 bridgehead atoms. The molecule has 0 aliphatic carbocycles. The number of amides is 1. The van der Waals surface area contributed by atoms with E-state index in [1.165, 1.54) is 16.4 Å². The Kier molecular flexibility index (Phi) is 5.39. The van der Waals surface area contributed by atoms with Crippen LogP contribution in [0.15, 0.2) is 45.8 Å². The molecule has 0 atom stereocenters. The summed E-state index contributed by atoms with van der Waals surface area (Å²) in [7, 11) is -3.96. The maximum Gasteiger partial charge on any atom is 0.414 e. The van der Waals surface area contributed by atoms with Crippen LogP contribution < -0.4 is 4.90 Å². The van der Waals surface area contributed by atoms with E-state index in [2.05, 4.69) is 15.9 Å². The molecule has 1 amide bonds. The van der Waals surface area contributed by atoms with E-state index in [0.29, 0.717) is 22.9 Å². The van der Waals surface area contributed by atoms with E-state index >= 15 is 0 Å².